The zero-order valence-corrected chi connectivity index (χ0v) is 12.1. The molecule has 0 saturated heterocycles. The van der Waals surface area contributed by atoms with Gasteiger partial charge >= 0.3 is 0 Å². The lowest BCUT2D eigenvalue weighted by atomic mass is 10.2. The number of nitrogens with one attached hydrogen (secondary N) is 1. The third-order valence-corrected chi connectivity index (χ3v) is 3.07. The second-order valence-corrected chi connectivity index (χ2v) is 4.70. The van der Waals surface area contributed by atoms with Crippen molar-refractivity contribution in [3.8, 4) is 11.6 Å². The second kappa shape index (κ2) is 6.08. The smallest absolute Gasteiger partial charge is 0.243 e. The largest absolute Gasteiger partial charge is 0.437 e. The maximum absolute atomic E-state index is 6.01. The molecule has 0 unspecified atom stereocenters. The molecule has 0 aliphatic heterocycles. The molecule has 6 heteroatoms. The van der Waals surface area contributed by atoms with Gasteiger partial charge in [-0.15, -0.1) is 0 Å². The van der Waals surface area contributed by atoms with E-state index in [1.54, 1.807) is 12.1 Å². The Labute approximate surface area is 121 Å². The van der Waals surface area contributed by atoms with E-state index in [2.05, 4.69) is 15.3 Å². The number of rotatable bonds is 4. The maximum atomic E-state index is 6.01. The minimum atomic E-state index is 0.314. The van der Waals surface area contributed by atoms with Crippen molar-refractivity contribution in [2.75, 3.05) is 11.9 Å². The van der Waals surface area contributed by atoms with Gasteiger partial charge in [0.05, 0.1) is 6.20 Å². The monoisotopic (exact) mass is 297 g/mol. The van der Waals surface area contributed by atoms with Crippen LogP contribution in [-0.4, -0.2) is 16.5 Å². The number of hydrogen-bond acceptors (Lipinski definition) is 4. The summed E-state index contributed by atoms with van der Waals surface area (Å²) in [6.45, 7) is 4.59. The normalized spacial score (nSPS) is 10.3. The van der Waals surface area contributed by atoms with Crippen LogP contribution in [0.4, 0.5) is 5.95 Å². The van der Waals surface area contributed by atoms with Crippen LogP contribution in [0.15, 0.2) is 24.4 Å². The van der Waals surface area contributed by atoms with Gasteiger partial charge in [0.15, 0.2) is 0 Å². The highest BCUT2D eigenvalue weighted by Crippen LogP contribution is 2.29. The summed E-state index contributed by atoms with van der Waals surface area (Å²) in [5.74, 6) is 1.42. The van der Waals surface area contributed by atoms with Crippen LogP contribution < -0.4 is 10.1 Å². The molecule has 100 valence electrons. The third-order valence-electron chi connectivity index (χ3n) is 2.39. The van der Waals surface area contributed by atoms with E-state index in [0.29, 0.717) is 27.6 Å². The van der Waals surface area contributed by atoms with Crippen LogP contribution >= 0.6 is 23.2 Å². The summed E-state index contributed by atoms with van der Waals surface area (Å²) in [6, 6.07) is 5.36. The van der Waals surface area contributed by atoms with Gasteiger partial charge < -0.3 is 10.1 Å². The van der Waals surface area contributed by atoms with Crippen molar-refractivity contribution >= 4 is 29.2 Å². The number of nitrogens with zero attached hydrogens (tertiary/aromatic N) is 2. The highest BCUT2D eigenvalue weighted by molar-refractivity contribution is 6.32. The van der Waals surface area contributed by atoms with E-state index >= 15 is 0 Å². The summed E-state index contributed by atoms with van der Waals surface area (Å²) in [7, 11) is 0. The highest BCUT2D eigenvalue weighted by Gasteiger charge is 2.08. The number of halogens is 2. The van der Waals surface area contributed by atoms with Gasteiger partial charge in [-0.25, -0.2) is 4.98 Å². The topological polar surface area (TPSA) is 47.0 Å². The van der Waals surface area contributed by atoms with Crippen LogP contribution in [-0.2, 0) is 0 Å². The van der Waals surface area contributed by atoms with Crippen molar-refractivity contribution in [1.29, 1.82) is 0 Å². The molecule has 19 heavy (non-hydrogen) atoms. The van der Waals surface area contributed by atoms with Crippen LogP contribution in [0.1, 0.15) is 12.5 Å². The van der Waals surface area contributed by atoms with E-state index in [1.807, 2.05) is 19.9 Å². The van der Waals surface area contributed by atoms with E-state index < -0.39 is 0 Å². The summed E-state index contributed by atoms with van der Waals surface area (Å²) in [4.78, 5) is 8.25. The van der Waals surface area contributed by atoms with Crippen LogP contribution in [0.5, 0.6) is 11.6 Å². The number of hydrogen-bond donors (Lipinski definition) is 1. The summed E-state index contributed by atoms with van der Waals surface area (Å²) in [6.07, 6.45) is 1.50. The maximum Gasteiger partial charge on any atom is 0.243 e. The first-order valence-electron chi connectivity index (χ1n) is 5.80. The first kappa shape index (κ1) is 13.9. The van der Waals surface area contributed by atoms with Gasteiger partial charge in [-0.05, 0) is 37.6 Å². The Morgan fingerprint density at radius 1 is 1.26 bits per heavy atom. The van der Waals surface area contributed by atoms with Gasteiger partial charge in [-0.3, -0.25) is 0 Å². The fourth-order valence-corrected chi connectivity index (χ4v) is 1.71. The lowest BCUT2D eigenvalue weighted by Gasteiger charge is -2.09. The minimum absolute atomic E-state index is 0.314. The minimum Gasteiger partial charge on any atom is -0.437 e. The highest BCUT2D eigenvalue weighted by atomic mass is 35.5. The van der Waals surface area contributed by atoms with Gasteiger partial charge in [0.2, 0.25) is 11.8 Å². The average Bonchev–Trinajstić information content (AvgIpc) is 2.38. The number of benzene rings is 1. The SMILES string of the molecule is CCNc1ncc(Cl)c(Oc2ccc(Cl)c(C)c2)n1. The van der Waals surface area contributed by atoms with Crippen LogP contribution in [0, 0.1) is 6.92 Å². The van der Waals surface area contributed by atoms with Gasteiger partial charge in [0, 0.05) is 11.6 Å². The molecule has 0 atom stereocenters. The molecule has 0 saturated carbocycles. The number of ether oxygens (including phenoxy) is 1. The Kier molecular flexibility index (Phi) is 4.45. The first-order valence-corrected chi connectivity index (χ1v) is 6.56. The summed E-state index contributed by atoms with van der Waals surface area (Å²) in [5.41, 5.74) is 0.927. The van der Waals surface area contributed by atoms with Crippen LogP contribution in [0.25, 0.3) is 0 Å². The fraction of sp³-hybridized carbons (Fsp3) is 0.231. The van der Waals surface area contributed by atoms with Gasteiger partial charge in [-0.2, -0.15) is 4.98 Å². The van der Waals surface area contributed by atoms with Crippen molar-refractivity contribution in [1.82, 2.24) is 9.97 Å². The fourth-order valence-electron chi connectivity index (χ4n) is 1.46. The standard InChI is InChI=1S/C13H13Cl2N3O/c1-3-16-13-17-7-11(15)12(18-13)19-9-4-5-10(14)8(2)6-9/h4-7H,3H2,1-2H3,(H,16,17,18). The predicted molar refractivity (Wildman–Crippen MR) is 77.5 cm³/mol. The molecule has 0 aliphatic carbocycles. The summed E-state index contributed by atoms with van der Waals surface area (Å²) < 4.78 is 5.65. The molecule has 0 amide bonds. The van der Waals surface area contributed by atoms with Crippen molar-refractivity contribution in [2.45, 2.75) is 13.8 Å². The van der Waals surface area contributed by atoms with E-state index in [1.165, 1.54) is 6.20 Å². The molecular formula is C13H13Cl2N3O. The Morgan fingerprint density at radius 3 is 2.74 bits per heavy atom. The lowest BCUT2D eigenvalue weighted by Crippen LogP contribution is -2.02. The molecule has 0 aliphatic rings. The van der Waals surface area contributed by atoms with E-state index in [4.69, 9.17) is 27.9 Å². The van der Waals surface area contributed by atoms with E-state index in [-0.39, 0.29) is 0 Å². The predicted octanol–water partition coefficient (Wildman–Crippen LogP) is 4.32. The Hall–Kier alpha value is -1.52. The molecule has 1 N–H and O–H groups in total. The molecule has 1 aromatic heterocycles. The van der Waals surface area contributed by atoms with Gasteiger partial charge in [0.25, 0.3) is 0 Å². The quantitative estimate of drug-likeness (QED) is 0.913. The van der Waals surface area contributed by atoms with Crippen LogP contribution in [0.3, 0.4) is 0 Å². The number of anilines is 1. The molecule has 0 bridgehead atoms. The van der Waals surface area contributed by atoms with E-state index in [9.17, 15) is 0 Å². The van der Waals surface area contributed by atoms with Gasteiger partial charge in [0.1, 0.15) is 10.8 Å². The third kappa shape index (κ3) is 3.49. The molecule has 0 spiro atoms. The van der Waals surface area contributed by atoms with Gasteiger partial charge in [-0.1, -0.05) is 23.2 Å². The zero-order chi connectivity index (χ0) is 13.8. The Morgan fingerprint density at radius 2 is 2.05 bits per heavy atom. The molecular weight excluding hydrogens is 285 g/mol. The molecule has 1 aromatic carbocycles. The lowest BCUT2D eigenvalue weighted by molar-refractivity contribution is 0.462. The Balaban J connectivity index is 2.26. The average molecular weight is 298 g/mol. The molecule has 1 heterocycles. The molecule has 0 radical (unpaired) electrons. The second-order valence-electron chi connectivity index (χ2n) is 3.89. The van der Waals surface area contributed by atoms with Crippen molar-refractivity contribution in [2.24, 2.45) is 0 Å². The molecule has 0 fully saturated rings. The molecule has 4 nitrogen and oxygen atoms in total. The van der Waals surface area contributed by atoms with Crippen molar-refractivity contribution in [3.05, 3.63) is 40.0 Å². The van der Waals surface area contributed by atoms with Crippen LogP contribution in [0.2, 0.25) is 10.0 Å². The van der Waals surface area contributed by atoms with Crippen molar-refractivity contribution < 1.29 is 4.74 Å². The zero-order valence-electron chi connectivity index (χ0n) is 10.6. The molecule has 2 rings (SSSR count). The van der Waals surface area contributed by atoms with E-state index in [0.717, 1.165) is 12.1 Å². The first-order chi connectivity index (χ1) is 9.10. The number of aryl methyl sites for hydroxylation is 1. The summed E-state index contributed by atoms with van der Waals surface area (Å²) >= 11 is 12.0. The Bertz CT molecular complexity index is 590. The summed E-state index contributed by atoms with van der Waals surface area (Å²) in [5, 5.41) is 4.04. The number of aromatic nitrogens is 2. The molecule has 2 aromatic rings. The van der Waals surface area contributed by atoms with Crippen molar-refractivity contribution in [3.63, 3.8) is 0 Å².